The predicted molar refractivity (Wildman–Crippen MR) is 99.3 cm³/mol. The third kappa shape index (κ3) is 2.90. The van der Waals surface area contributed by atoms with Gasteiger partial charge in [0.1, 0.15) is 0 Å². The Hall–Kier alpha value is -2.73. The number of rotatable bonds is 3. The minimum atomic E-state index is -0.888. The molecule has 0 aliphatic carbocycles. The summed E-state index contributed by atoms with van der Waals surface area (Å²) in [6.45, 7) is 3.39. The van der Waals surface area contributed by atoms with Gasteiger partial charge in [-0.05, 0) is 37.1 Å². The summed E-state index contributed by atoms with van der Waals surface area (Å²) < 4.78 is 5.48. The number of ether oxygens (including phenoxy) is 1. The molecule has 2 aliphatic heterocycles. The van der Waals surface area contributed by atoms with E-state index in [2.05, 4.69) is 4.98 Å². The first-order valence-electron chi connectivity index (χ1n) is 9.14. The third-order valence-corrected chi connectivity index (χ3v) is 5.92. The topological polar surface area (TPSA) is 79.7 Å². The van der Waals surface area contributed by atoms with Crippen LogP contribution in [0.3, 0.4) is 0 Å². The van der Waals surface area contributed by atoms with E-state index in [0.717, 1.165) is 16.8 Å². The molecule has 2 aliphatic rings. The number of carboxylic acids is 1. The Morgan fingerprint density at radius 3 is 2.81 bits per heavy atom. The summed E-state index contributed by atoms with van der Waals surface area (Å²) in [4.78, 5) is 31.3. The number of aromatic nitrogens is 1. The summed E-state index contributed by atoms with van der Waals surface area (Å²) in [5, 5.41) is 9.81. The minimum Gasteiger partial charge on any atom is -0.481 e. The first-order valence-corrected chi connectivity index (χ1v) is 9.14. The second-order valence-electron chi connectivity index (χ2n) is 7.36. The van der Waals surface area contributed by atoms with Crippen LogP contribution in [-0.2, 0) is 9.53 Å². The Bertz CT molecular complexity index is 883. The summed E-state index contributed by atoms with van der Waals surface area (Å²) in [7, 11) is 0. The molecule has 1 N–H and O–H groups in total. The lowest BCUT2D eigenvalue weighted by Gasteiger charge is -2.33. The van der Waals surface area contributed by atoms with Gasteiger partial charge < -0.3 is 14.7 Å². The number of benzene rings is 1. The largest absolute Gasteiger partial charge is 0.481 e. The van der Waals surface area contributed by atoms with Crippen LogP contribution in [0.15, 0.2) is 42.6 Å². The highest BCUT2D eigenvalue weighted by Gasteiger charge is 2.55. The summed E-state index contributed by atoms with van der Waals surface area (Å²) in [5.74, 6) is -1.11. The van der Waals surface area contributed by atoms with Crippen molar-refractivity contribution in [3.8, 4) is 11.3 Å². The van der Waals surface area contributed by atoms with Crippen LogP contribution in [0, 0.1) is 18.3 Å². The number of likely N-dealkylation sites (tertiary alicyclic amines) is 1. The SMILES string of the molecule is Cc1c(C(=O)N2C[C@H]3COCC[C@@]3(C(=O)O)C2)cccc1-c1ccccn1. The monoisotopic (exact) mass is 366 g/mol. The van der Waals surface area contributed by atoms with Crippen LogP contribution in [-0.4, -0.2) is 53.2 Å². The van der Waals surface area contributed by atoms with E-state index in [9.17, 15) is 14.7 Å². The van der Waals surface area contributed by atoms with Crippen LogP contribution in [0.5, 0.6) is 0 Å². The van der Waals surface area contributed by atoms with E-state index in [0.29, 0.717) is 31.7 Å². The number of carboxylic acid groups (broad SMARTS) is 1. The number of carbonyl (C=O) groups is 2. The zero-order valence-electron chi connectivity index (χ0n) is 15.2. The molecule has 140 valence electrons. The van der Waals surface area contributed by atoms with E-state index >= 15 is 0 Å². The van der Waals surface area contributed by atoms with Crippen LogP contribution in [0.25, 0.3) is 11.3 Å². The fourth-order valence-corrected chi connectivity index (χ4v) is 4.29. The van der Waals surface area contributed by atoms with Crippen LogP contribution in [0.2, 0.25) is 0 Å². The molecule has 0 bridgehead atoms. The van der Waals surface area contributed by atoms with Crippen molar-refractivity contribution < 1.29 is 19.4 Å². The second kappa shape index (κ2) is 6.78. The van der Waals surface area contributed by atoms with Gasteiger partial charge in [0, 0.05) is 42.9 Å². The molecule has 4 rings (SSSR count). The third-order valence-electron chi connectivity index (χ3n) is 5.92. The van der Waals surface area contributed by atoms with Crippen molar-refractivity contribution in [3.05, 3.63) is 53.7 Å². The molecule has 1 aromatic carbocycles. The number of carbonyl (C=O) groups excluding carboxylic acids is 1. The zero-order valence-corrected chi connectivity index (χ0v) is 15.2. The van der Waals surface area contributed by atoms with Crippen molar-refractivity contribution in [1.29, 1.82) is 0 Å². The van der Waals surface area contributed by atoms with Crippen LogP contribution >= 0.6 is 0 Å². The molecule has 0 radical (unpaired) electrons. The number of hydrogen-bond acceptors (Lipinski definition) is 4. The highest BCUT2D eigenvalue weighted by Crippen LogP contribution is 2.43. The molecule has 2 atom stereocenters. The maximum absolute atomic E-state index is 13.2. The van der Waals surface area contributed by atoms with Crippen molar-refractivity contribution >= 4 is 11.9 Å². The molecule has 0 unspecified atom stereocenters. The van der Waals surface area contributed by atoms with Gasteiger partial charge in [0.05, 0.1) is 17.7 Å². The van der Waals surface area contributed by atoms with Crippen molar-refractivity contribution in [3.63, 3.8) is 0 Å². The Balaban J connectivity index is 1.65. The van der Waals surface area contributed by atoms with E-state index in [1.807, 2.05) is 37.3 Å². The summed E-state index contributed by atoms with van der Waals surface area (Å²) in [6.07, 6.45) is 2.18. The van der Waals surface area contributed by atoms with E-state index in [1.165, 1.54) is 0 Å². The minimum absolute atomic E-state index is 0.125. The van der Waals surface area contributed by atoms with Gasteiger partial charge in [0.2, 0.25) is 0 Å². The maximum atomic E-state index is 13.2. The Morgan fingerprint density at radius 1 is 1.26 bits per heavy atom. The molecule has 27 heavy (non-hydrogen) atoms. The van der Waals surface area contributed by atoms with Gasteiger partial charge in [-0.15, -0.1) is 0 Å². The molecular weight excluding hydrogens is 344 g/mol. The summed E-state index contributed by atoms with van der Waals surface area (Å²) >= 11 is 0. The van der Waals surface area contributed by atoms with Gasteiger partial charge in [-0.25, -0.2) is 0 Å². The smallest absolute Gasteiger partial charge is 0.311 e. The molecule has 2 aromatic rings. The normalized spacial score (nSPS) is 24.5. The average molecular weight is 366 g/mol. The molecule has 6 nitrogen and oxygen atoms in total. The number of nitrogens with zero attached hydrogens (tertiary/aromatic N) is 2. The molecule has 2 fully saturated rings. The average Bonchev–Trinajstić information content (AvgIpc) is 3.09. The summed E-state index contributed by atoms with van der Waals surface area (Å²) in [5.41, 5.74) is 2.29. The highest BCUT2D eigenvalue weighted by atomic mass is 16.5. The fraction of sp³-hybridized carbons (Fsp3) is 0.381. The lowest BCUT2D eigenvalue weighted by molar-refractivity contribution is -0.157. The molecule has 0 spiro atoms. The lowest BCUT2D eigenvalue weighted by Crippen LogP contribution is -2.45. The predicted octanol–water partition coefficient (Wildman–Crippen LogP) is 2.62. The van der Waals surface area contributed by atoms with Gasteiger partial charge >= 0.3 is 5.97 Å². The first-order chi connectivity index (χ1) is 13.0. The Labute approximate surface area is 157 Å². The first kappa shape index (κ1) is 17.7. The summed E-state index contributed by atoms with van der Waals surface area (Å²) in [6, 6.07) is 11.3. The standard InChI is InChI=1S/C21H22N2O4/c1-14-16(18-7-2-3-9-22-18)5-4-6-17(14)19(24)23-11-15-12-27-10-8-21(15,13-23)20(25)26/h2-7,9,15H,8,10-13H2,1H3,(H,25,26)/t15-,21+/m0/s1. The highest BCUT2D eigenvalue weighted by molar-refractivity contribution is 5.98. The number of amides is 1. The quantitative estimate of drug-likeness (QED) is 0.903. The molecule has 2 saturated heterocycles. The number of pyridine rings is 1. The Kier molecular flexibility index (Phi) is 4.44. The Morgan fingerprint density at radius 2 is 2.11 bits per heavy atom. The van der Waals surface area contributed by atoms with E-state index in [4.69, 9.17) is 4.74 Å². The van der Waals surface area contributed by atoms with E-state index < -0.39 is 11.4 Å². The van der Waals surface area contributed by atoms with Gasteiger partial charge in [0.25, 0.3) is 5.91 Å². The zero-order chi connectivity index (χ0) is 19.0. The number of aliphatic carboxylic acids is 1. The van der Waals surface area contributed by atoms with Gasteiger partial charge in [-0.2, -0.15) is 0 Å². The van der Waals surface area contributed by atoms with E-state index in [1.54, 1.807) is 17.2 Å². The molecule has 1 amide bonds. The molecular formula is C21H22N2O4. The van der Waals surface area contributed by atoms with Crippen molar-refractivity contribution in [2.75, 3.05) is 26.3 Å². The molecule has 6 heteroatoms. The van der Waals surface area contributed by atoms with E-state index in [-0.39, 0.29) is 18.4 Å². The molecule has 0 saturated carbocycles. The van der Waals surface area contributed by atoms with Crippen LogP contribution in [0.4, 0.5) is 0 Å². The second-order valence-corrected chi connectivity index (χ2v) is 7.36. The van der Waals surface area contributed by atoms with Crippen molar-refractivity contribution in [1.82, 2.24) is 9.88 Å². The maximum Gasteiger partial charge on any atom is 0.311 e. The van der Waals surface area contributed by atoms with Gasteiger partial charge in [0.15, 0.2) is 0 Å². The number of hydrogen-bond donors (Lipinski definition) is 1. The van der Waals surface area contributed by atoms with Crippen molar-refractivity contribution in [2.24, 2.45) is 11.3 Å². The fourth-order valence-electron chi connectivity index (χ4n) is 4.29. The van der Waals surface area contributed by atoms with Gasteiger partial charge in [-0.3, -0.25) is 14.6 Å². The van der Waals surface area contributed by atoms with Crippen molar-refractivity contribution in [2.45, 2.75) is 13.3 Å². The van der Waals surface area contributed by atoms with Crippen LogP contribution < -0.4 is 0 Å². The lowest BCUT2D eigenvalue weighted by atomic mass is 9.74. The van der Waals surface area contributed by atoms with Gasteiger partial charge in [-0.1, -0.05) is 18.2 Å². The molecule has 1 aromatic heterocycles. The number of fused-ring (bicyclic) bond motifs is 1. The molecule has 3 heterocycles. The van der Waals surface area contributed by atoms with Crippen LogP contribution in [0.1, 0.15) is 22.3 Å².